The number of anilines is 1. The van der Waals surface area contributed by atoms with Crippen LogP contribution in [0.2, 0.25) is 0 Å². The molecule has 0 aliphatic rings. The van der Waals surface area contributed by atoms with Crippen molar-refractivity contribution in [3.05, 3.63) is 27.8 Å². The zero-order valence-corrected chi connectivity index (χ0v) is 11.4. The number of hydrogen-bond donors (Lipinski definition) is 2. The number of benzene rings is 1. The van der Waals surface area contributed by atoms with Crippen LogP contribution in [0.15, 0.2) is 24.3 Å². The highest BCUT2D eigenvalue weighted by Gasteiger charge is 2.15. The standard InChI is InChI=1S/C11H15IN2O2/c1-8(7-15)14(2)11(16)13-10-6-4-3-5-9(10)12/h3-6,8,15H,7H2,1-2H3,(H,13,16). The summed E-state index contributed by atoms with van der Waals surface area (Å²) in [6.45, 7) is 1.74. The number of carbonyl (C=O) groups is 1. The van der Waals surface area contributed by atoms with E-state index in [1.54, 1.807) is 14.0 Å². The van der Waals surface area contributed by atoms with E-state index < -0.39 is 0 Å². The van der Waals surface area contributed by atoms with Crippen molar-refractivity contribution in [3.63, 3.8) is 0 Å². The summed E-state index contributed by atoms with van der Waals surface area (Å²) in [7, 11) is 1.66. The van der Waals surface area contributed by atoms with Crippen LogP contribution >= 0.6 is 22.6 Å². The predicted molar refractivity (Wildman–Crippen MR) is 72.5 cm³/mol. The molecule has 0 fully saturated rings. The lowest BCUT2D eigenvalue weighted by molar-refractivity contribution is 0.166. The molecule has 0 aliphatic carbocycles. The predicted octanol–water partition coefficient (Wildman–Crippen LogP) is 2.14. The van der Waals surface area contributed by atoms with Crippen molar-refractivity contribution < 1.29 is 9.90 Å². The average molecular weight is 334 g/mol. The second-order valence-corrected chi connectivity index (χ2v) is 4.71. The third-order valence-corrected chi connectivity index (χ3v) is 3.30. The van der Waals surface area contributed by atoms with Crippen LogP contribution in [-0.4, -0.2) is 35.7 Å². The van der Waals surface area contributed by atoms with E-state index in [4.69, 9.17) is 5.11 Å². The lowest BCUT2D eigenvalue weighted by Gasteiger charge is -2.23. The Labute approximate surface area is 109 Å². The van der Waals surface area contributed by atoms with Crippen LogP contribution in [0.1, 0.15) is 6.92 Å². The van der Waals surface area contributed by atoms with Gasteiger partial charge < -0.3 is 15.3 Å². The maximum atomic E-state index is 11.8. The maximum absolute atomic E-state index is 11.8. The molecule has 1 rings (SSSR count). The van der Waals surface area contributed by atoms with E-state index in [9.17, 15) is 4.79 Å². The van der Waals surface area contributed by atoms with Crippen molar-refractivity contribution in [2.24, 2.45) is 0 Å². The Kier molecular flexibility index (Phi) is 5.01. The summed E-state index contributed by atoms with van der Waals surface area (Å²) in [5.41, 5.74) is 0.782. The number of urea groups is 1. The summed E-state index contributed by atoms with van der Waals surface area (Å²) in [4.78, 5) is 13.2. The van der Waals surface area contributed by atoms with E-state index in [0.29, 0.717) is 0 Å². The van der Waals surface area contributed by atoms with Gasteiger partial charge in [-0.2, -0.15) is 0 Å². The molecule has 0 bridgehead atoms. The van der Waals surface area contributed by atoms with E-state index in [-0.39, 0.29) is 18.7 Å². The monoisotopic (exact) mass is 334 g/mol. The molecule has 2 N–H and O–H groups in total. The molecule has 1 aromatic rings. The first-order chi connectivity index (χ1) is 7.56. The smallest absolute Gasteiger partial charge is 0.321 e. The topological polar surface area (TPSA) is 52.6 Å². The Balaban J connectivity index is 2.68. The van der Waals surface area contributed by atoms with E-state index in [1.165, 1.54) is 4.90 Å². The van der Waals surface area contributed by atoms with Gasteiger partial charge in [0.05, 0.1) is 18.3 Å². The quantitative estimate of drug-likeness (QED) is 0.832. The molecule has 0 aromatic heterocycles. The van der Waals surface area contributed by atoms with Gasteiger partial charge in [-0.05, 0) is 41.6 Å². The van der Waals surface area contributed by atoms with Crippen molar-refractivity contribution in [3.8, 4) is 0 Å². The number of rotatable bonds is 3. The van der Waals surface area contributed by atoms with Gasteiger partial charge in [-0.1, -0.05) is 12.1 Å². The number of carbonyl (C=O) groups excluding carboxylic acids is 1. The lowest BCUT2D eigenvalue weighted by atomic mass is 10.3. The first kappa shape index (κ1) is 13.2. The lowest BCUT2D eigenvalue weighted by Crippen LogP contribution is -2.40. The summed E-state index contributed by atoms with van der Waals surface area (Å²) < 4.78 is 0.985. The van der Waals surface area contributed by atoms with E-state index in [1.807, 2.05) is 24.3 Å². The maximum Gasteiger partial charge on any atom is 0.321 e. The Morgan fingerprint density at radius 3 is 2.75 bits per heavy atom. The van der Waals surface area contributed by atoms with Gasteiger partial charge in [0, 0.05) is 10.6 Å². The first-order valence-electron chi connectivity index (χ1n) is 4.95. The Morgan fingerprint density at radius 2 is 2.19 bits per heavy atom. The van der Waals surface area contributed by atoms with Gasteiger partial charge in [0.1, 0.15) is 0 Å². The third kappa shape index (κ3) is 3.34. The molecule has 0 radical (unpaired) electrons. The average Bonchev–Trinajstić information content (AvgIpc) is 2.30. The number of amides is 2. The molecule has 0 saturated carbocycles. The molecule has 2 amide bonds. The van der Waals surface area contributed by atoms with Crippen molar-refractivity contribution in [1.82, 2.24) is 4.90 Å². The number of nitrogens with one attached hydrogen (secondary N) is 1. The van der Waals surface area contributed by atoms with Crippen LogP contribution in [-0.2, 0) is 0 Å². The second kappa shape index (κ2) is 6.05. The fraction of sp³-hybridized carbons (Fsp3) is 0.364. The van der Waals surface area contributed by atoms with Crippen LogP contribution in [0.5, 0.6) is 0 Å². The Morgan fingerprint density at radius 1 is 1.56 bits per heavy atom. The zero-order chi connectivity index (χ0) is 12.1. The minimum absolute atomic E-state index is 0.0458. The molecule has 5 heteroatoms. The van der Waals surface area contributed by atoms with Crippen LogP contribution in [0.3, 0.4) is 0 Å². The fourth-order valence-electron chi connectivity index (χ4n) is 1.09. The molecule has 16 heavy (non-hydrogen) atoms. The number of aliphatic hydroxyl groups excluding tert-OH is 1. The molecule has 1 aromatic carbocycles. The molecule has 0 heterocycles. The van der Waals surface area contributed by atoms with Gasteiger partial charge >= 0.3 is 6.03 Å². The minimum Gasteiger partial charge on any atom is -0.394 e. The Bertz CT molecular complexity index is 371. The molecule has 1 atom stereocenters. The van der Waals surface area contributed by atoms with Gasteiger partial charge in [-0.25, -0.2) is 4.79 Å². The zero-order valence-electron chi connectivity index (χ0n) is 9.27. The van der Waals surface area contributed by atoms with Crippen LogP contribution in [0.25, 0.3) is 0 Å². The fourth-order valence-corrected chi connectivity index (χ4v) is 1.61. The van der Waals surface area contributed by atoms with Gasteiger partial charge in [-0.3, -0.25) is 0 Å². The van der Waals surface area contributed by atoms with Gasteiger partial charge in [0.2, 0.25) is 0 Å². The van der Waals surface area contributed by atoms with Crippen LogP contribution in [0.4, 0.5) is 10.5 Å². The van der Waals surface area contributed by atoms with E-state index in [2.05, 4.69) is 27.9 Å². The first-order valence-corrected chi connectivity index (χ1v) is 6.03. The largest absolute Gasteiger partial charge is 0.394 e. The highest BCUT2D eigenvalue weighted by Crippen LogP contribution is 2.17. The number of hydrogen-bond acceptors (Lipinski definition) is 2. The molecule has 88 valence electrons. The molecular weight excluding hydrogens is 319 g/mol. The van der Waals surface area contributed by atoms with E-state index in [0.717, 1.165) is 9.26 Å². The van der Waals surface area contributed by atoms with Crippen LogP contribution < -0.4 is 5.32 Å². The summed E-state index contributed by atoms with van der Waals surface area (Å²) >= 11 is 2.16. The SMILES string of the molecule is CC(CO)N(C)C(=O)Nc1ccccc1I. The number of para-hydroxylation sites is 1. The third-order valence-electron chi connectivity index (χ3n) is 2.36. The molecule has 4 nitrogen and oxygen atoms in total. The highest BCUT2D eigenvalue weighted by molar-refractivity contribution is 14.1. The van der Waals surface area contributed by atoms with Crippen molar-refractivity contribution in [1.29, 1.82) is 0 Å². The summed E-state index contributed by atoms with van der Waals surface area (Å²) in [5.74, 6) is 0. The number of likely N-dealkylation sites (N-methyl/N-ethyl adjacent to an activating group) is 1. The molecule has 0 aliphatic heterocycles. The number of aliphatic hydroxyl groups is 1. The van der Waals surface area contributed by atoms with Gasteiger partial charge in [0.15, 0.2) is 0 Å². The number of nitrogens with zero attached hydrogens (tertiary/aromatic N) is 1. The van der Waals surface area contributed by atoms with Crippen molar-refractivity contribution in [2.45, 2.75) is 13.0 Å². The molecule has 1 unspecified atom stereocenters. The normalized spacial score (nSPS) is 12.0. The molecule has 0 spiro atoms. The highest BCUT2D eigenvalue weighted by atomic mass is 127. The summed E-state index contributed by atoms with van der Waals surface area (Å²) in [5, 5.41) is 11.7. The van der Waals surface area contributed by atoms with Crippen molar-refractivity contribution in [2.75, 3.05) is 19.0 Å². The second-order valence-electron chi connectivity index (χ2n) is 3.55. The Hall–Kier alpha value is -0.820. The number of halogens is 1. The van der Waals surface area contributed by atoms with E-state index >= 15 is 0 Å². The minimum atomic E-state index is -0.217. The molecule has 0 saturated heterocycles. The van der Waals surface area contributed by atoms with Gasteiger partial charge in [0.25, 0.3) is 0 Å². The van der Waals surface area contributed by atoms with Crippen LogP contribution in [0, 0.1) is 3.57 Å². The molecular formula is C11H15IN2O2. The van der Waals surface area contributed by atoms with Gasteiger partial charge in [-0.15, -0.1) is 0 Å². The summed E-state index contributed by atoms with van der Waals surface area (Å²) in [6, 6.07) is 7.14. The van der Waals surface area contributed by atoms with Crippen molar-refractivity contribution >= 4 is 34.3 Å². The summed E-state index contributed by atoms with van der Waals surface area (Å²) in [6.07, 6.45) is 0.